The predicted molar refractivity (Wildman–Crippen MR) is 81.9 cm³/mol. The fourth-order valence-corrected chi connectivity index (χ4v) is 2.55. The van der Waals surface area contributed by atoms with Gasteiger partial charge in [0, 0.05) is 25.3 Å². The maximum Gasteiger partial charge on any atom is 0.407 e. The third-order valence-corrected chi connectivity index (χ3v) is 3.47. The van der Waals surface area contributed by atoms with Crippen LogP contribution in [0.1, 0.15) is 39.3 Å². The first kappa shape index (κ1) is 15.8. The van der Waals surface area contributed by atoms with Crippen LogP contribution < -0.4 is 5.32 Å². The Kier molecular flexibility index (Phi) is 5.17. The molecule has 21 heavy (non-hydrogen) atoms. The second-order valence-corrected chi connectivity index (χ2v) is 6.47. The summed E-state index contributed by atoms with van der Waals surface area (Å²) >= 11 is 0. The summed E-state index contributed by atoms with van der Waals surface area (Å²) in [5.74, 6) is 0. The fourth-order valence-electron chi connectivity index (χ4n) is 2.55. The van der Waals surface area contributed by atoms with Gasteiger partial charge in [0.1, 0.15) is 5.60 Å². The van der Waals surface area contributed by atoms with E-state index >= 15 is 0 Å². The molecule has 1 aliphatic heterocycles. The average molecular weight is 291 g/mol. The molecule has 2 heterocycles. The highest BCUT2D eigenvalue weighted by atomic mass is 16.6. The molecule has 1 aromatic rings. The fraction of sp³-hybridized carbons (Fsp3) is 0.625. The minimum absolute atomic E-state index is 0.341. The van der Waals surface area contributed by atoms with Crippen molar-refractivity contribution < 1.29 is 9.53 Å². The second-order valence-electron chi connectivity index (χ2n) is 6.47. The number of nitrogens with one attached hydrogen (secondary N) is 1. The SMILES string of the molecule is CC(C)(C)OC(=O)NCC1CCCN1Cc1ccccn1. The molecule has 116 valence electrons. The van der Waals surface area contributed by atoms with E-state index < -0.39 is 5.60 Å². The molecule has 5 heteroatoms. The molecule has 1 saturated heterocycles. The van der Waals surface area contributed by atoms with Crippen molar-refractivity contribution in [3.8, 4) is 0 Å². The molecular formula is C16H25N3O2. The lowest BCUT2D eigenvalue weighted by Gasteiger charge is -2.25. The molecule has 5 nitrogen and oxygen atoms in total. The van der Waals surface area contributed by atoms with Crippen LogP contribution in [-0.4, -0.2) is 40.7 Å². The summed E-state index contributed by atoms with van der Waals surface area (Å²) in [4.78, 5) is 18.5. The quantitative estimate of drug-likeness (QED) is 0.926. The maximum absolute atomic E-state index is 11.7. The Morgan fingerprint density at radius 2 is 2.29 bits per heavy atom. The minimum atomic E-state index is -0.451. The number of carbonyl (C=O) groups excluding carboxylic acids is 1. The predicted octanol–water partition coefficient (Wildman–Crippen LogP) is 2.57. The van der Waals surface area contributed by atoms with Gasteiger partial charge in [0.2, 0.25) is 0 Å². The second kappa shape index (κ2) is 6.89. The van der Waals surface area contributed by atoms with Gasteiger partial charge in [-0.15, -0.1) is 0 Å². The van der Waals surface area contributed by atoms with Gasteiger partial charge in [-0.05, 0) is 52.3 Å². The first-order valence-corrected chi connectivity index (χ1v) is 7.55. The van der Waals surface area contributed by atoms with Gasteiger partial charge in [-0.25, -0.2) is 4.79 Å². The van der Waals surface area contributed by atoms with Crippen molar-refractivity contribution >= 4 is 6.09 Å². The molecule has 1 fully saturated rings. The summed E-state index contributed by atoms with van der Waals surface area (Å²) in [5.41, 5.74) is 0.620. The van der Waals surface area contributed by atoms with E-state index in [9.17, 15) is 4.79 Å². The first-order valence-electron chi connectivity index (χ1n) is 7.55. The lowest BCUT2D eigenvalue weighted by molar-refractivity contribution is 0.0512. The van der Waals surface area contributed by atoms with Gasteiger partial charge in [0.25, 0.3) is 0 Å². The molecule has 0 radical (unpaired) electrons. The molecule has 0 saturated carbocycles. The van der Waals surface area contributed by atoms with Crippen LogP contribution in [0, 0.1) is 0 Å². The van der Waals surface area contributed by atoms with Gasteiger partial charge < -0.3 is 10.1 Å². The Bertz CT molecular complexity index is 456. The number of nitrogens with zero attached hydrogens (tertiary/aromatic N) is 2. The van der Waals surface area contributed by atoms with E-state index in [1.165, 1.54) is 0 Å². The summed E-state index contributed by atoms with van der Waals surface area (Å²) in [6.07, 6.45) is 3.74. The summed E-state index contributed by atoms with van der Waals surface area (Å²) in [6, 6.07) is 6.33. The van der Waals surface area contributed by atoms with E-state index in [0.717, 1.165) is 31.6 Å². The van der Waals surface area contributed by atoms with Crippen molar-refractivity contribution in [3.63, 3.8) is 0 Å². The number of rotatable bonds is 4. The van der Waals surface area contributed by atoms with Crippen molar-refractivity contribution in [1.82, 2.24) is 15.2 Å². The summed E-state index contributed by atoms with van der Waals surface area (Å²) < 4.78 is 5.27. The van der Waals surface area contributed by atoms with Crippen LogP contribution >= 0.6 is 0 Å². The molecule has 0 aromatic carbocycles. The monoisotopic (exact) mass is 291 g/mol. The highest BCUT2D eigenvalue weighted by molar-refractivity contribution is 5.67. The number of aromatic nitrogens is 1. The van der Waals surface area contributed by atoms with Crippen molar-refractivity contribution in [2.24, 2.45) is 0 Å². The topological polar surface area (TPSA) is 54.5 Å². The number of hydrogen-bond donors (Lipinski definition) is 1. The van der Waals surface area contributed by atoms with Gasteiger partial charge >= 0.3 is 6.09 Å². The molecule has 0 spiro atoms. The van der Waals surface area contributed by atoms with E-state index in [1.54, 1.807) is 0 Å². The number of ether oxygens (including phenoxy) is 1. The summed E-state index contributed by atoms with van der Waals surface area (Å²) in [7, 11) is 0. The molecule has 1 unspecified atom stereocenters. The van der Waals surface area contributed by atoms with Crippen molar-refractivity contribution in [2.45, 2.75) is 51.8 Å². The Morgan fingerprint density at radius 1 is 1.48 bits per heavy atom. The smallest absolute Gasteiger partial charge is 0.407 e. The largest absolute Gasteiger partial charge is 0.444 e. The van der Waals surface area contributed by atoms with Crippen LogP contribution in [0.25, 0.3) is 0 Å². The molecule has 0 aliphatic carbocycles. The number of amides is 1. The van der Waals surface area contributed by atoms with Crippen molar-refractivity contribution in [2.75, 3.05) is 13.1 Å². The van der Waals surface area contributed by atoms with Gasteiger partial charge in [0.15, 0.2) is 0 Å². The van der Waals surface area contributed by atoms with Crippen LogP contribution in [0.4, 0.5) is 4.79 Å². The zero-order valence-corrected chi connectivity index (χ0v) is 13.1. The Labute approximate surface area is 126 Å². The van der Waals surface area contributed by atoms with E-state index in [1.807, 2.05) is 45.2 Å². The number of hydrogen-bond acceptors (Lipinski definition) is 4. The molecule has 1 N–H and O–H groups in total. The van der Waals surface area contributed by atoms with E-state index in [2.05, 4.69) is 15.2 Å². The van der Waals surface area contributed by atoms with Crippen LogP contribution in [0.5, 0.6) is 0 Å². The van der Waals surface area contributed by atoms with Crippen molar-refractivity contribution in [3.05, 3.63) is 30.1 Å². The molecule has 1 aliphatic rings. The van der Waals surface area contributed by atoms with E-state index in [0.29, 0.717) is 12.6 Å². The van der Waals surface area contributed by atoms with E-state index in [-0.39, 0.29) is 6.09 Å². The number of alkyl carbamates (subject to hydrolysis) is 1. The molecule has 1 atom stereocenters. The Balaban J connectivity index is 1.81. The highest BCUT2D eigenvalue weighted by Crippen LogP contribution is 2.19. The molecular weight excluding hydrogens is 266 g/mol. The highest BCUT2D eigenvalue weighted by Gasteiger charge is 2.26. The molecule has 2 rings (SSSR count). The minimum Gasteiger partial charge on any atom is -0.444 e. The Morgan fingerprint density at radius 3 is 2.95 bits per heavy atom. The average Bonchev–Trinajstić information content (AvgIpc) is 2.83. The van der Waals surface area contributed by atoms with Crippen LogP contribution in [0.2, 0.25) is 0 Å². The van der Waals surface area contributed by atoms with Crippen LogP contribution in [0.15, 0.2) is 24.4 Å². The van der Waals surface area contributed by atoms with Gasteiger partial charge in [0.05, 0.1) is 5.69 Å². The Hall–Kier alpha value is -1.62. The van der Waals surface area contributed by atoms with Crippen molar-refractivity contribution in [1.29, 1.82) is 0 Å². The molecule has 0 bridgehead atoms. The van der Waals surface area contributed by atoms with Gasteiger partial charge in [-0.3, -0.25) is 9.88 Å². The molecule has 1 aromatic heterocycles. The normalized spacial score (nSPS) is 19.5. The first-order chi connectivity index (χ1) is 9.94. The zero-order chi connectivity index (χ0) is 15.3. The van der Waals surface area contributed by atoms with Crippen LogP contribution in [-0.2, 0) is 11.3 Å². The number of likely N-dealkylation sites (tertiary alicyclic amines) is 1. The number of pyridine rings is 1. The summed E-state index contributed by atoms with van der Waals surface area (Å²) in [6.45, 7) is 8.13. The summed E-state index contributed by atoms with van der Waals surface area (Å²) in [5, 5.41) is 2.87. The lowest BCUT2D eigenvalue weighted by Crippen LogP contribution is -2.41. The van der Waals surface area contributed by atoms with E-state index in [4.69, 9.17) is 4.74 Å². The lowest BCUT2D eigenvalue weighted by atomic mass is 10.2. The van der Waals surface area contributed by atoms with Crippen LogP contribution in [0.3, 0.4) is 0 Å². The number of carbonyl (C=O) groups is 1. The standard InChI is InChI=1S/C16H25N3O2/c1-16(2,3)21-15(20)18-11-14-8-6-10-19(14)12-13-7-4-5-9-17-13/h4-5,7,9,14H,6,8,10-12H2,1-3H3,(H,18,20). The van der Waals surface area contributed by atoms with Gasteiger partial charge in [-0.2, -0.15) is 0 Å². The molecule has 1 amide bonds. The third-order valence-electron chi connectivity index (χ3n) is 3.47. The maximum atomic E-state index is 11.7. The third kappa shape index (κ3) is 5.34. The van der Waals surface area contributed by atoms with Gasteiger partial charge in [-0.1, -0.05) is 6.07 Å². The zero-order valence-electron chi connectivity index (χ0n) is 13.1.